The minimum atomic E-state index is -0.210. The predicted molar refractivity (Wildman–Crippen MR) is 62.2 cm³/mol. The molecule has 0 radical (unpaired) electrons. The van der Waals surface area contributed by atoms with E-state index in [2.05, 4.69) is 16.3 Å². The van der Waals surface area contributed by atoms with Crippen molar-refractivity contribution in [3.05, 3.63) is 29.7 Å². The second kappa shape index (κ2) is 4.15. The molecule has 2 rings (SSSR count). The Hall–Kier alpha value is -1.93. The fraction of sp³-hybridized carbons (Fsp3) is 0.417. The summed E-state index contributed by atoms with van der Waals surface area (Å²) in [6.45, 7) is 6.37. The predicted octanol–water partition coefficient (Wildman–Crippen LogP) is 1.92. The maximum Gasteiger partial charge on any atom is 0.163 e. The van der Waals surface area contributed by atoms with Gasteiger partial charge in [0, 0.05) is 12.3 Å². The molecular weight excluding hydrogens is 216 g/mol. The van der Waals surface area contributed by atoms with E-state index >= 15 is 0 Å². The Morgan fingerprint density at radius 3 is 2.82 bits per heavy atom. The first-order valence-corrected chi connectivity index (χ1v) is 5.37. The molecule has 0 N–H and O–H groups in total. The van der Waals surface area contributed by atoms with Crippen molar-refractivity contribution >= 4 is 5.65 Å². The molecule has 5 heteroatoms. The van der Waals surface area contributed by atoms with E-state index in [0.717, 1.165) is 5.82 Å². The summed E-state index contributed by atoms with van der Waals surface area (Å²) in [4.78, 5) is 0. The summed E-state index contributed by atoms with van der Waals surface area (Å²) in [7, 11) is 0. The van der Waals surface area contributed by atoms with E-state index in [1.54, 1.807) is 18.3 Å². The van der Waals surface area contributed by atoms with E-state index in [0.29, 0.717) is 17.8 Å². The average molecular weight is 230 g/mol. The van der Waals surface area contributed by atoms with Gasteiger partial charge < -0.3 is 4.74 Å². The van der Waals surface area contributed by atoms with Gasteiger partial charge in [-0.05, 0) is 26.8 Å². The fourth-order valence-electron chi connectivity index (χ4n) is 1.39. The highest BCUT2D eigenvalue weighted by Gasteiger charge is 2.13. The van der Waals surface area contributed by atoms with E-state index in [-0.39, 0.29) is 5.60 Å². The van der Waals surface area contributed by atoms with Crippen LogP contribution in [0.3, 0.4) is 0 Å². The van der Waals surface area contributed by atoms with Gasteiger partial charge in [0.15, 0.2) is 11.5 Å². The Morgan fingerprint density at radius 2 is 2.18 bits per heavy atom. The molecular formula is C12H14N4O. The molecule has 2 heterocycles. The summed E-state index contributed by atoms with van der Waals surface area (Å²) in [6.07, 6.45) is 1.79. The quantitative estimate of drug-likeness (QED) is 0.790. The van der Waals surface area contributed by atoms with Gasteiger partial charge in [0.25, 0.3) is 0 Å². The number of aromatic nitrogens is 3. The van der Waals surface area contributed by atoms with Gasteiger partial charge in [0.2, 0.25) is 0 Å². The molecule has 2 aromatic rings. The first-order chi connectivity index (χ1) is 7.99. The van der Waals surface area contributed by atoms with Gasteiger partial charge >= 0.3 is 0 Å². The lowest BCUT2D eigenvalue weighted by Gasteiger charge is -2.18. The number of hydrogen-bond donors (Lipinski definition) is 0. The van der Waals surface area contributed by atoms with Gasteiger partial charge in [-0.25, -0.2) is 0 Å². The number of nitrogens with zero attached hydrogens (tertiary/aromatic N) is 4. The highest BCUT2D eigenvalue weighted by Crippen LogP contribution is 2.12. The summed E-state index contributed by atoms with van der Waals surface area (Å²) in [6, 6.07) is 5.51. The van der Waals surface area contributed by atoms with Crippen LogP contribution in [0.4, 0.5) is 0 Å². The second-order valence-electron chi connectivity index (χ2n) is 4.77. The summed E-state index contributed by atoms with van der Waals surface area (Å²) in [5.74, 6) is 0.736. The molecule has 0 aliphatic rings. The Balaban J connectivity index is 2.28. The third-order valence-electron chi connectivity index (χ3n) is 2.24. The SMILES string of the molecule is CC(C)(C)OCc1nnc2cc(C#N)ccn12. The summed E-state index contributed by atoms with van der Waals surface area (Å²) in [5.41, 5.74) is 1.03. The molecule has 5 nitrogen and oxygen atoms in total. The first-order valence-electron chi connectivity index (χ1n) is 5.37. The largest absolute Gasteiger partial charge is 0.368 e. The van der Waals surface area contributed by atoms with Crippen LogP contribution in [0, 0.1) is 11.3 Å². The Kier molecular flexibility index (Phi) is 2.82. The molecule has 0 aliphatic carbocycles. The smallest absolute Gasteiger partial charge is 0.163 e. The number of ether oxygens (including phenoxy) is 1. The van der Waals surface area contributed by atoms with Crippen LogP contribution in [0.2, 0.25) is 0 Å². The van der Waals surface area contributed by atoms with E-state index in [9.17, 15) is 0 Å². The van der Waals surface area contributed by atoms with E-state index in [1.165, 1.54) is 0 Å². The Morgan fingerprint density at radius 1 is 1.41 bits per heavy atom. The standard InChI is InChI=1S/C12H14N4O/c1-12(2,3)17-8-11-15-14-10-6-9(7-13)4-5-16(10)11/h4-6H,8H2,1-3H3. The zero-order valence-corrected chi connectivity index (χ0v) is 10.1. The van der Waals surface area contributed by atoms with Crippen molar-refractivity contribution in [3.8, 4) is 6.07 Å². The van der Waals surface area contributed by atoms with Crippen molar-refractivity contribution in [2.75, 3.05) is 0 Å². The number of pyridine rings is 1. The molecule has 0 fully saturated rings. The topological polar surface area (TPSA) is 63.2 Å². The molecule has 0 saturated carbocycles. The van der Waals surface area contributed by atoms with Crippen LogP contribution in [0.15, 0.2) is 18.3 Å². The van der Waals surface area contributed by atoms with Gasteiger partial charge in [-0.15, -0.1) is 10.2 Å². The molecule has 17 heavy (non-hydrogen) atoms. The zero-order valence-electron chi connectivity index (χ0n) is 10.1. The lowest BCUT2D eigenvalue weighted by Crippen LogP contribution is -2.19. The van der Waals surface area contributed by atoms with Crippen LogP contribution >= 0.6 is 0 Å². The lowest BCUT2D eigenvalue weighted by molar-refractivity contribution is -0.0184. The molecule has 88 valence electrons. The lowest BCUT2D eigenvalue weighted by atomic mass is 10.2. The normalized spacial score (nSPS) is 11.6. The van der Waals surface area contributed by atoms with Crippen molar-refractivity contribution in [2.45, 2.75) is 33.0 Å². The molecule has 0 amide bonds. The van der Waals surface area contributed by atoms with Gasteiger partial charge in [0.05, 0.1) is 17.2 Å². The van der Waals surface area contributed by atoms with Crippen molar-refractivity contribution in [3.63, 3.8) is 0 Å². The molecule has 0 spiro atoms. The molecule has 0 unspecified atom stereocenters. The highest BCUT2D eigenvalue weighted by molar-refractivity contribution is 5.45. The summed E-state index contributed by atoms with van der Waals surface area (Å²) >= 11 is 0. The summed E-state index contributed by atoms with van der Waals surface area (Å²) < 4.78 is 7.48. The van der Waals surface area contributed by atoms with Crippen LogP contribution in [0.25, 0.3) is 5.65 Å². The van der Waals surface area contributed by atoms with Crippen LogP contribution in [0.1, 0.15) is 32.2 Å². The van der Waals surface area contributed by atoms with Crippen molar-refractivity contribution in [1.29, 1.82) is 5.26 Å². The van der Waals surface area contributed by atoms with E-state index < -0.39 is 0 Å². The Bertz CT molecular complexity index is 574. The van der Waals surface area contributed by atoms with Crippen LogP contribution in [-0.2, 0) is 11.3 Å². The second-order valence-corrected chi connectivity index (χ2v) is 4.77. The Labute approximate surface area is 99.7 Å². The van der Waals surface area contributed by atoms with Gasteiger partial charge in [0.1, 0.15) is 6.61 Å². The van der Waals surface area contributed by atoms with Crippen LogP contribution in [0.5, 0.6) is 0 Å². The molecule has 0 aliphatic heterocycles. The number of rotatable bonds is 2. The molecule has 0 saturated heterocycles. The van der Waals surface area contributed by atoms with E-state index in [4.69, 9.17) is 10.00 Å². The molecule has 0 atom stereocenters. The van der Waals surface area contributed by atoms with E-state index in [1.807, 2.05) is 25.2 Å². The molecule has 0 bridgehead atoms. The highest BCUT2D eigenvalue weighted by atomic mass is 16.5. The zero-order chi connectivity index (χ0) is 12.5. The number of hydrogen-bond acceptors (Lipinski definition) is 4. The van der Waals surface area contributed by atoms with Crippen molar-refractivity contribution < 1.29 is 4.74 Å². The maximum absolute atomic E-state index is 8.78. The first kappa shape index (κ1) is 11.6. The van der Waals surface area contributed by atoms with Crippen LogP contribution in [-0.4, -0.2) is 20.2 Å². The molecule has 0 aromatic carbocycles. The van der Waals surface area contributed by atoms with Gasteiger partial charge in [-0.1, -0.05) is 0 Å². The third-order valence-corrected chi connectivity index (χ3v) is 2.24. The monoisotopic (exact) mass is 230 g/mol. The minimum Gasteiger partial charge on any atom is -0.368 e. The van der Waals surface area contributed by atoms with Crippen molar-refractivity contribution in [1.82, 2.24) is 14.6 Å². The van der Waals surface area contributed by atoms with Crippen LogP contribution < -0.4 is 0 Å². The van der Waals surface area contributed by atoms with Gasteiger partial charge in [-0.2, -0.15) is 5.26 Å². The number of nitriles is 1. The number of fused-ring (bicyclic) bond motifs is 1. The van der Waals surface area contributed by atoms with Gasteiger partial charge in [-0.3, -0.25) is 4.40 Å². The minimum absolute atomic E-state index is 0.210. The maximum atomic E-state index is 8.78. The molecule has 2 aromatic heterocycles. The third kappa shape index (κ3) is 2.60. The average Bonchev–Trinajstić information content (AvgIpc) is 2.67. The summed E-state index contributed by atoms with van der Waals surface area (Å²) in [5, 5.41) is 16.8. The fourth-order valence-corrected chi connectivity index (χ4v) is 1.39. The van der Waals surface area contributed by atoms with Crippen molar-refractivity contribution in [2.24, 2.45) is 0 Å².